The molecule has 0 bridgehead atoms. The van der Waals surface area contributed by atoms with Crippen molar-refractivity contribution in [3.8, 4) is 0 Å². The van der Waals surface area contributed by atoms with E-state index in [1.807, 2.05) is 25.6 Å². The molecule has 0 radical (unpaired) electrons. The first-order chi connectivity index (χ1) is 45.9. The number of halogens is 3. The van der Waals surface area contributed by atoms with Crippen LogP contribution in [0.1, 0.15) is 357 Å². The Morgan fingerprint density at radius 3 is 1.00 bits per heavy atom. The van der Waals surface area contributed by atoms with E-state index >= 15 is 0 Å². The van der Waals surface area contributed by atoms with Crippen LogP contribution in [0.3, 0.4) is 0 Å². The number of hydrogen-bond acceptors (Lipinski definition) is 9. The minimum Gasteiger partial charge on any atom is -0.469 e. The number of amides is 1. The maximum Gasteiger partial charge on any atom is 0.392 e. The SMILES string of the molecule is C.CC(C)C[C@H](CO)C(C)C.CCCC[C@H](CO)C(C)C.CCC[C@@H](C(C)C)C(F)(F)F.CCC[C@H](C(=O)OC)C(C)C.CCC[C@H](C(N)=O)C(C)C.CCC[C@H](C)C(C)C.CCC[C@H](CO)C(C)C.CC[C@@H](CC1CC1)C(C)C.CC[C@H](C)[C@H](CO)C(C)C.CSCC[C@H](CO)C(C)C. The van der Waals surface area contributed by atoms with Crippen LogP contribution in [-0.2, 0) is 14.3 Å². The van der Waals surface area contributed by atoms with Gasteiger partial charge >= 0.3 is 12.1 Å². The summed E-state index contributed by atoms with van der Waals surface area (Å²) >= 11 is 1.85. The van der Waals surface area contributed by atoms with Gasteiger partial charge in [-0.2, -0.15) is 24.9 Å². The predicted molar refractivity (Wildman–Crippen MR) is 442 cm³/mol. The molecule has 0 aromatic rings. The van der Waals surface area contributed by atoms with Gasteiger partial charge in [0.25, 0.3) is 0 Å². The summed E-state index contributed by atoms with van der Waals surface area (Å²) in [6, 6.07) is 0. The molecule has 616 valence electrons. The molecule has 0 saturated heterocycles. The van der Waals surface area contributed by atoms with Crippen LogP contribution in [0.2, 0.25) is 0 Å². The highest BCUT2D eigenvalue weighted by Crippen LogP contribution is 2.38. The third-order valence-electron chi connectivity index (χ3n) is 20.4. The number of methoxy groups -OCH3 is 1. The molecule has 1 aliphatic carbocycles. The second-order valence-corrected chi connectivity index (χ2v) is 34.0. The monoisotopic (exact) mass is 1460 g/mol. The topological polar surface area (TPSA) is 171 Å². The summed E-state index contributed by atoms with van der Waals surface area (Å²) in [5.41, 5.74) is 5.18. The second kappa shape index (κ2) is 78.9. The molecule has 0 heterocycles. The summed E-state index contributed by atoms with van der Waals surface area (Å²) in [6.07, 6.45) is 21.0. The van der Waals surface area contributed by atoms with Gasteiger partial charge in [0.15, 0.2) is 0 Å². The lowest BCUT2D eigenvalue weighted by Gasteiger charge is -2.24. The van der Waals surface area contributed by atoms with Crippen molar-refractivity contribution in [1.29, 1.82) is 0 Å². The molecule has 11 atom stereocenters. The summed E-state index contributed by atoms with van der Waals surface area (Å²) in [5.74, 6) is 12.3. The number of ether oxygens (including phenoxy) is 1. The highest BCUT2D eigenvalue weighted by molar-refractivity contribution is 7.98. The fourth-order valence-corrected chi connectivity index (χ4v) is 12.0. The second-order valence-electron chi connectivity index (χ2n) is 33.1. The van der Waals surface area contributed by atoms with E-state index in [1.165, 1.54) is 83.5 Å². The molecule has 13 heteroatoms. The number of aliphatic hydroxyl groups excluding tert-OH is 5. The Hall–Kier alpha value is -1.12. The van der Waals surface area contributed by atoms with Crippen LogP contribution in [0.25, 0.3) is 0 Å². The molecule has 0 unspecified atom stereocenters. The Bertz CT molecular complexity index is 1570. The standard InChI is InChI=1S/C10H20.C9H18O2.3C9H20O.C8H15F3.C8H17NO.C8H18OS.C8H18O.C8H18.CH4/c1-4-10(8(2)3)7-9-5-6-9;1-5-6-8(7(2)3)9(10)11-4;1-7(2)5-9(6-10)8(3)4;1-5-8(4)9(6-10)7(2)3;1-4-5-6-9(7-10)8(2)3;1-4-5-7(6(2)3)8(9,10)11;1-4-5-7(6(2)3)8(9)10;1-7(2)8(6-9)4-5-10-3;1-4-5-8(6-9)7(2)3;1-5-6-8(4)7(2)3;/h8-10H,4-7H2,1-3H3;7-8H,5-6H2,1-4H3;2*7-10H,5-6H2,1-4H3;8-10H,4-7H2,1-3H3;6-7H,4-5H2,1-3H3;6-7H,4-5H2,1-3H3,(H2,9,10);7-9H,4-6H2,1-3H3;7-9H,4-6H2,1-3H3;7-8H,5-6H2,1-4H3;1H4/t10-;8-;9-;8-,9+;9-;2*7-;3*8-;/m0010100110./s1. The minimum absolute atomic E-state index is 0. The molecule has 1 amide bonds. The Morgan fingerprint density at radius 2 is 0.820 bits per heavy atom. The van der Waals surface area contributed by atoms with Crippen LogP contribution in [0.5, 0.6) is 0 Å². The average molecular weight is 1470 g/mol. The normalized spacial score (nSPS) is 15.2. The molecular formula is C87H188F3NO8S. The van der Waals surface area contributed by atoms with Gasteiger partial charge in [-0.25, -0.2) is 0 Å². The number of carbonyl (C=O) groups excluding carboxylic acids is 2. The van der Waals surface area contributed by atoms with E-state index < -0.39 is 12.1 Å². The van der Waals surface area contributed by atoms with Gasteiger partial charge in [-0.05, 0) is 182 Å². The molecule has 1 fully saturated rings. The summed E-state index contributed by atoms with van der Waals surface area (Å²) in [7, 11) is 1.45. The number of primary amides is 1. The van der Waals surface area contributed by atoms with E-state index in [2.05, 4.69) is 198 Å². The number of aliphatic hydroxyl groups is 5. The van der Waals surface area contributed by atoms with Crippen LogP contribution < -0.4 is 5.73 Å². The van der Waals surface area contributed by atoms with Crippen molar-refractivity contribution in [2.24, 2.45) is 142 Å². The van der Waals surface area contributed by atoms with Crippen molar-refractivity contribution in [1.82, 2.24) is 0 Å². The van der Waals surface area contributed by atoms with Crippen LogP contribution in [0.4, 0.5) is 13.2 Å². The van der Waals surface area contributed by atoms with E-state index in [4.69, 9.17) is 31.3 Å². The molecule has 0 aliphatic heterocycles. The van der Waals surface area contributed by atoms with Crippen LogP contribution >= 0.6 is 11.8 Å². The Balaban J connectivity index is -0.000000112. The number of alkyl halides is 3. The third-order valence-corrected chi connectivity index (χ3v) is 21.0. The van der Waals surface area contributed by atoms with Crippen molar-refractivity contribution in [2.75, 3.05) is 52.2 Å². The van der Waals surface area contributed by atoms with Gasteiger partial charge in [0.05, 0.1) is 18.9 Å². The van der Waals surface area contributed by atoms with Gasteiger partial charge in [-0.3, -0.25) is 9.59 Å². The van der Waals surface area contributed by atoms with E-state index in [9.17, 15) is 22.8 Å². The number of rotatable bonds is 40. The lowest BCUT2D eigenvalue weighted by Crippen LogP contribution is -2.27. The predicted octanol–water partition coefficient (Wildman–Crippen LogP) is 25.7. The van der Waals surface area contributed by atoms with Crippen molar-refractivity contribution in [3.05, 3.63) is 0 Å². The first kappa shape index (κ1) is 120. The number of nitrogens with two attached hydrogens (primary N) is 1. The van der Waals surface area contributed by atoms with Crippen LogP contribution in [-0.4, -0.2) is 95.7 Å². The highest BCUT2D eigenvalue weighted by atomic mass is 32.2. The zero-order chi connectivity index (χ0) is 79.7. The van der Waals surface area contributed by atoms with Crippen LogP contribution in [0.15, 0.2) is 0 Å². The lowest BCUT2D eigenvalue weighted by molar-refractivity contribution is -0.187. The number of unbranched alkanes of at least 4 members (excludes halogenated alkanes) is 1. The molecule has 7 N–H and O–H groups in total. The third kappa shape index (κ3) is 78.0. The zero-order valence-electron chi connectivity index (χ0n) is 72.7. The zero-order valence-corrected chi connectivity index (χ0v) is 73.6. The first-order valence-electron chi connectivity index (χ1n) is 40.9. The minimum atomic E-state index is -4.01. The molecule has 0 aromatic heterocycles. The van der Waals surface area contributed by atoms with Crippen molar-refractivity contribution >= 4 is 23.6 Å². The van der Waals surface area contributed by atoms with Gasteiger partial charge < -0.3 is 36.0 Å². The molecule has 9 nitrogen and oxygen atoms in total. The highest BCUT2D eigenvalue weighted by Gasteiger charge is 2.40. The molecule has 1 aliphatic rings. The largest absolute Gasteiger partial charge is 0.469 e. The fourth-order valence-electron chi connectivity index (χ4n) is 11.5. The molecular weight excluding hydrogens is 1280 g/mol. The number of esters is 1. The number of carbonyl (C=O) groups is 2. The van der Waals surface area contributed by atoms with Crippen LogP contribution in [0, 0.1) is 136 Å². The van der Waals surface area contributed by atoms with Crippen molar-refractivity contribution in [2.45, 2.75) is 364 Å². The maximum absolute atomic E-state index is 12.2. The Labute approximate surface area is 631 Å². The lowest BCUT2D eigenvalue weighted by atomic mass is 9.84. The molecule has 1 rings (SSSR count). The quantitative estimate of drug-likeness (QED) is 0.0327. The summed E-state index contributed by atoms with van der Waals surface area (Å²) in [5, 5.41) is 44.6. The summed E-state index contributed by atoms with van der Waals surface area (Å²) in [4.78, 5) is 21.9. The van der Waals surface area contributed by atoms with E-state index in [1.54, 1.807) is 20.8 Å². The van der Waals surface area contributed by atoms with E-state index in [0.29, 0.717) is 122 Å². The average Bonchev–Trinajstić information content (AvgIpc) is 1.12. The molecule has 0 aromatic carbocycles. The molecule has 100 heavy (non-hydrogen) atoms. The molecule has 1 saturated carbocycles. The Kier molecular flexibility index (Phi) is 94.7. The summed E-state index contributed by atoms with van der Waals surface area (Å²) < 4.78 is 41.2. The fraction of sp³-hybridized carbons (Fsp3) is 0.977. The smallest absolute Gasteiger partial charge is 0.392 e. The van der Waals surface area contributed by atoms with Crippen molar-refractivity contribution < 1.29 is 53.0 Å². The maximum atomic E-state index is 12.2. The van der Waals surface area contributed by atoms with Gasteiger partial charge in [0.1, 0.15) is 0 Å². The molecule has 0 spiro atoms. The summed E-state index contributed by atoms with van der Waals surface area (Å²) in [6.45, 7) is 70.1. The van der Waals surface area contributed by atoms with E-state index in [0.717, 1.165) is 74.5 Å². The first-order valence-corrected chi connectivity index (χ1v) is 42.3. The van der Waals surface area contributed by atoms with Crippen molar-refractivity contribution in [3.63, 3.8) is 0 Å². The number of thioether (sulfide) groups is 1. The van der Waals surface area contributed by atoms with Gasteiger partial charge in [-0.15, -0.1) is 0 Å². The van der Waals surface area contributed by atoms with Gasteiger partial charge in [0.2, 0.25) is 5.91 Å². The van der Waals surface area contributed by atoms with Gasteiger partial charge in [-0.1, -0.05) is 306 Å². The van der Waals surface area contributed by atoms with Gasteiger partial charge in [0, 0.05) is 39.0 Å². The number of hydrogen-bond donors (Lipinski definition) is 6. The Morgan fingerprint density at radius 1 is 0.440 bits per heavy atom. The van der Waals surface area contributed by atoms with E-state index in [-0.39, 0.29) is 43.5 Å².